The molecule has 9 nitrogen and oxygen atoms in total. The number of nitrogens with zero attached hydrogens (tertiary/aromatic N) is 2. The Bertz CT molecular complexity index is 693. The molecule has 3 aliphatic heterocycles. The minimum absolute atomic E-state index is 0.207. The highest BCUT2D eigenvalue weighted by atomic mass is 32.1. The Balaban J connectivity index is 1.64. The van der Waals surface area contributed by atoms with Gasteiger partial charge in [0.2, 0.25) is 11.0 Å². The number of amides is 1. The minimum Gasteiger partial charge on any atom is -0.342 e. The van der Waals surface area contributed by atoms with Gasteiger partial charge in [-0.25, -0.2) is 0 Å². The summed E-state index contributed by atoms with van der Waals surface area (Å²) in [6.07, 6.45) is -2.27. The first kappa shape index (κ1) is 17.3. The smallest absolute Gasteiger partial charge is 0.223 e. The Hall–Kier alpha value is -1.17. The summed E-state index contributed by atoms with van der Waals surface area (Å²) in [6.45, 7) is 8.78. The summed E-state index contributed by atoms with van der Waals surface area (Å²) in [5.74, 6) is -1.75. The van der Waals surface area contributed by atoms with Gasteiger partial charge in [0.25, 0.3) is 0 Å². The third-order valence-electron chi connectivity index (χ3n) is 4.12. The molecule has 0 bridgehead atoms. The summed E-state index contributed by atoms with van der Waals surface area (Å²) >= 11 is 1.24. The summed E-state index contributed by atoms with van der Waals surface area (Å²) in [4.78, 5) is 11.2. The predicted molar refractivity (Wildman–Crippen MR) is 85.7 cm³/mol. The van der Waals surface area contributed by atoms with Crippen molar-refractivity contribution in [1.29, 1.82) is 0 Å². The quantitative estimate of drug-likeness (QED) is 0.836. The summed E-state index contributed by atoms with van der Waals surface area (Å²) in [5, 5.41) is 11.8. The molecule has 0 spiro atoms. The molecule has 138 valence electrons. The molecule has 3 saturated heterocycles. The minimum atomic E-state index is -0.771. The molecule has 1 aromatic rings. The fourth-order valence-electron chi connectivity index (χ4n) is 3.36. The van der Waals surface area contributed by atoms with Crippen LogP contribution in [0, 0.1) is 0 Å². The maximum Gasteiger partial charge on any atom is 0.223 e. The van der Waals surface area contributed by atoms with E-state index in [0.29, 0.717) is 10.1 Å². The molecule has 0 aliphatic carbocycles. The summed E-state index contributed by atoms with van der Waals surface area (Å²) in [7, 11) is 0. The average molecular weight is 371 g/mol. The van der Waals surface area contributed by atoms with E-state index in [2.05, 4.69) is 15.5 Å². The van der Waals surface area contributed by atoms with E-state index >= 15 is 0 Å². The molecule has 0 unspecified atom stereocenters. The molecular formula is C15H21N3O6S. The molecule has 4 heterocycles. The molecule has 3 fully saturated rings. The molecule has 1 aromatic heterocycles. The molecule has 0 radical (unpaired) electrons. The number of carbonyl (C=O) groups is 1. The molecule has 5 atom stereocenters. The molecule has 4 rings (SSSR count). The number of aromatic nitrogens is 2. The lowest BCUT2D eigenvalue weighted by molar-refractivity contribution is -0.236. The normalized spacial score (nSPS) is 38.2. The first-order valence-corrected chi connectivity index (χ1v) is 8.93. The Labute approximate surface area is 148 Å². The summed E-state index contributed by atoms with van der Waals surface area (Å²) in [6, 6.07) is 0. The second-order valence-corrected chi connectivity index (χ2v) is 8.23. The molecule has 10 heteroatoms. The van der Waals surface area contributed by atoms with Gasteiger partial charge >= 0.3 is 0 Å². The molecule has 0 saturated carbocycles. The lowest BCUT2D eigenvalue weighted by Crippen LogP contribution is -2.51. The van der Waals surface area contributed by atoms with Crippen molar-refractivity contribution >= 4 is 22.4 Å². The zero-order chi connectivity index (χ0) is 18.0. The van der Waals surface area contributed by atoms with Crippen LogP contribution < -0.4 is 5.32 Å². The van der Waals surface area contributed by atoms with Crippen LogP contribution in [0.3, 0.4) is 0 Å². The van der Waals surface area contributed by atoms with Crippen molar-refractivity contribution in [2.24, 2.45) is 0 Å². The average Bonchev–Trinajstić information content (AvgIpc) is 3.11. The second-order valence-electron chi connectivity index (χ2n) is 7.22. The van der Waals surface area contributed by atoms with Gasteiger partial charge in [-0.1, -0.05) is 11.3 Å². The van der Waals surface area contributed by atoms with Crippen LogP contribution in [0.15, 0.2) is 0 Å². The van der Waals surface area contributed by atoms with Gasteiger partial charge in [0.15, 0.2) is 22.9 Å². The third-order valence-corrected chi connectivity index (χ3v) is 5.02. The fourth-order valence-corrected chi connectivity index (χ4v) is 4.22. The van der Waals surface area contributed by atoms with Gasteiger partial charge in [-0.3, -0.25) is 4.79 Å². The number of nitrogens with one attached hydrogen (secondary N) is 1. The number of ether oxygens (including phenoxy) is 5. The van der Waals surface area contributed by atoms with Crippen molar-refractivity contribution in [2.45, 2.75) is 76.9 Å². The van der Waals surface area contributed by atoms with Crippen molar-refractivity contribution in [3.63, 3.8) is 0 Å². The standard InChI is InChI=1S/C15H21N3O6S/c1-6(19)16-13-18-17-11(25-13)9-7-8(22-14(2,3)21-7)10-12(20-9)24-15(4,5)23-10/h7-10,12H,1-5H3,(H,16,18,19)/t7-,8+,9+,10-,12-/m1/s1. The van der Waals surface area contributed by atoms with Crippen molar-refractivity contribution in [1.82, 2.24) is 10.2 Å². The number of anilines is 1. The number of rotatable bonds is 2. The molecule has 25 heavy (non-hydrogen) atoms. The van der Waals surface area contributed by atoms with Crippen LogP contribution in [0.4, 0.5) is 5.13 Å². The largest absolute Gasteiger partial charge is 0.342 e. The van der Waals surface area contributed by atoms with Crippen LogP contribution in [0.5, 0.6) is 0 Å². The first-order valence-electron chi connectivity index (χ1n) is 8.11. The summed E-state index contributed by atoms with van der Waals surface area (Å²) < 4.78 is 30.0. The van der Waals surface area contributed by atoms with E-state index in [0.717, 1.165) is 0 Å². The van der Waals surface area contributed by atoms with E-state index in [1.165, 1.54) is 18.3 Å². The Morgan fingerprint density at radius 2 is 1.64 bits per heavy atom. The SMILES string of the molecule is CC(=O)Nc1nnc([C@H]2O[C@@H]3OC(C)(C)O[C@@H]3[C@H]3OC(C)(C)O[C@H]32)s1. The van der Waals surface area contributed by atoms with Gasteiger partial charge in [-0.15, -0.1) is 10.2 Å². The molecule has 0 aromatic carbocycles. The summed E-state index contributed by atoms with van der Waals surface area (Å²) in [5.41, 5.74) is 0. The number of fused-ring (bicyclic) bond motifs is 3. The zero-order valence-electron chi connectivity index (χ0n) is 14.6. The highest BCUT2D eigenvalue weighted by Crippen LogP contribution is 2.48. The lowest BCUT2D eigenvalue weighted by Gasteiger charge is -2.36. The van der Waals surface area contributed by atoms with Crippen LogP contribution in [-0.4, -0.2) is 52.3 Å². The maximum absolute atomic E-state index is 11.2. The second kappa shape index (κ2) is 5.66. The predicted octanol–water partition coefficient (Wildman–Crippen LogP) is 1.57. The van der Waals surface area contributed by atoms with E-state index in [-0.39, 0.29) is 18.1 Å². The Kier molecular flexibility index (Phi) is 3.91. The van der Waals surface area contributed by atoms with Gasteiger partial charge in [0.1, 0.15) is 24.4 Å². The van der Waals surface area contributed by atoms with Crippen molar-refractivity contribution in [2.75, 3.05) is 5.32 Å². The van der Waals surface area contributed by atoms with Crippen LogP contribution >= 0.6 is 11.3 Å². The molecular weight excluding hydrogens is 350 g/mol. The van der Waals surface area contributed by atoms with Crippen LogP contribution in [0.2, 0.25) is 0 Å². The first-order chi connectivity index (χ1) is 11.6. The molecule has 3 aliphatic rings. The third kappa shape index (κ3) is 3.18. The van der Waals surface area contributed by atoms with Crippen LogP contribution in [-0.2, 0) is 28.5 Å². The highest BCUT2D eigenvalue weighted by molar-refractivity contribution is 7.15. The van der Waals surface area contributed by atoms with Gasteiger partial charge < -0.3 is 29.0 Å². The van der Waals surface area contributed by atoms with Gasteiger partial charge in [0.05, 0.1) is 0 Å². The zero-order valence-corrected chi connectivity index (χ0v) is 15.5. The van der Waals surface area contributed by atoms with E-state index < -0.39 is 30.1 Å². The van der Waals surface area contributed by atoms with Crippen LogP contribution in [0.25, 0.3) is 0 Å². The van der Waals surface area contributed by atoms with Crippen LogP contribution in [0.1, 0.15) is 45.7 Å². The van der Waals surface area contributed by atoms with E-state index in [9.17, 15) is 4.79 Å². The Morgan fingerprint density at radius 1 is 1.00 bits per heavy atom. The maximum atomic E-state index is 11.2. The number of hydrogen-bond donors (Lipinski definition) is 1. The van der Waals surface area contributed by atoms with Crippen molar-refractivity contribution in [3.8, 4) is 0 Å². The van der Waals surface area contributed by atoms with Gasteiger partial charge in [-0.2, -0.15) is 0 Å². The number of hydrogen-bond acceptors (Lipinski definition) is 9. The fraction of sp³-hybridized carbons (Fsp3) is 0.800. The monoisotopic (exact) mass is 371 g/mol. The van der Waals surface area contributed by atoms with Crippen molar-refractivity contribution < 1.29 is 28.5 Å². The van der Waals surface area contributed by atoms with Crippen molar-refractivity contribution in [3.05, 3.63) is 5.01 Å². The molecule has 1 N–H and O–H groups in total. The highest BCUT2D eigenvalue weighted by Gasteiger charge is 2.61. The topological polar surface area (TPSA) is 101 Å². The van der Waals surface area contributed by atoms with E-state index in [4.69, 9.17) is 23.7 Å². The molecule has 1 amide bonds. The van der Waals surface area contributed by atoms with Gasteiger partial charge in [0, 0.05) is 6.92 Å². The van der Waals surface area contributed by atoms with E-state index in [1.807, 2.05) is 27.7 Å². The lowest BCUT2D eigenvalue weighted by atomic mass is 9.99. The Morgan fingerprint density at radius 3 is 2.36 bits per heavy atom. The number of carbonyl (C=O) groups excluding carboxylic acids is 1. The van der Waals surface area contributed by atoms with Gasteiger partial charge in [-0.05, 0) is 27.7 Å². The van der Waals surface area contributed by atoms with E-state index in [1.54, 1.807) is 0 Å².